The topological polar surface area (TPSA) is 119 Å². The summed E-state index contributed by atoms with van der Waals surface area (Å²) in [5, 5.41) is 15.5. The van der Waals surface area contributed by atoms with E-state index in [2.05, 4.69) is 16.7 Å². The van der Waals surface area contributed by atoms with E-state index < -0.39 is 18.1 Å². The number of rotatable bonds is 10. The highest BCUT2D eigenvalue weighted by Gasteiger charge is 2.32. The van der Waals surface area contributed by atoms with Gasteiger partial charge in [-0.25, -0.2) is 4.79 Å². The fourth-order valence-corrected chi connectivity index (χ4v) is 7.13. The van der Waals surface area contributed by atoms with E-state index in [4.69, 9.17) is 18.9 Å². The molecule has 4 aromatic carbocycles. The Labute approximate surface area is 304 Å². The molecule has 4 aromatic rings. The number of ether oxygens (including phenoxy) is 4. The van der Waals surface area contributed by atoms with E-state index in [9.17, 15) is 14.9 Å². The Morgan fingerprint density at radius 2 is 1.73 bits per heavy atom. The lowest BCUT2D eigenvalue weighted by Gasteiger charge is -2.31. The maximum absolute atomic E-state index is 13.6. The number of carbonyl (C=O) groups is 2. The Morgan fingerprint density at radius 1 is 0.980 bits per heavy atom. The minimum atomic E-state index is -0.889. The van der Waals surface area contributed by atoms with Crippen LogP contribution in [-0.2, 0) is 33.7 Å². The van der Waals surface area contributed by atoms with Gasteiger partial charge in [0, 0.05) is 13.0 Å². The van der Waals surface area contributed by atoms with Crippen molar-refractivity contribution in [2.24, 2.45) is 5.92 Å². The summed E-state index contributed by atoms with van der Waals surface area (Å²) in [5.74, 6) is 2.07. The van der Waals surface area contributed by atoms with Crippen LogP contribution >= 0.6 is 12.4 Å². The van der Waals surface area contributed by atoms with E-state index in [0.717, 1.165) is 45.7 Å². The zero-order valence-corrected chi connectivity index (χ0v) is 29.4. The number of nitrogens with zero attached hydrogens (tertiary/aromatic N) is 1. The molecular formula is C41H42ClN3O6. The summed E-state index contributed by atoms with van der Waals surface area (Å²) in [6, 6.07) is 27.7. The van der Waals surface area contributed by atoms with Crippen LogP contribution in [-0.4, -0.2) is 44.3 Å². The zero-order valence-electron chi connectivity index (χ0n) is 28.6. The largest absolute Gasteiger partial charge is 0.493 e. The van der Waals surface area contributed by atoms with Gasteiger partial charge in [-0.3, -0.25) is 4.79 Å². The predicted molar refractivity (Wildman–Crippen MR) is 195 cm³/mol. The molecule has 1 aliphatic carbocycles. The lowest BCUT2D eigenvalue weighted by atomic mass is 9.93. The van der Waals surface area contributed by atoms with Crippen molar-refractivity contribution in [2.75, 3.05) is 20.3 Å². The fourth-order valence-electron chi connectivity index (χ4n) is 7.13. The van der Waals surface area contributed by atoms with E-state index in [0.29, 0.717) is 42.6 Å². The van der Waals surface area contributed by atoms with E-state index >= 15 is 0 Å². The number of hydrogen-bond donors (Lipinski definition) is 2. The SMILES string of the molecule is COC(=O)[C@H](Cc1ccccc1-c1ccc(C#N)cc1)NC(=O)C1Cc2cc3c(cc2CN1)O[C@@H](c1ccc(OCC2CCCC2)cc1)CO3.Cl. The average Bonchev–Trinajstić information content (AvgIpc) is 3.69. The van der Waals surface area contributed by atoms with Crippen molar-refractivity contribution < 1.29 is 28.5 Å². The van der Waals surface area contributed by atoms with Crippen LogP contribution in [0.1, 0.15) is 59.6 Å². The van der Waals surface area contributed by atoms with Crippen LogP contribution in [0.2, 0.25) is 0 Å². The molecule has 0 saturated heterocycles. The third-order valence-corrected chi connectivity index (χ3v) is 9.99. The van der Waals surface area contributed by atoms with Crippen molar-refractivity contribution in [3.8, 4) is 34.4 Å². The van der Waals surface area contributed by atoms with Gasteiger partial charge in [0.2, 0.25) is 5.91 Å². The Kier molecular flexibility index (Phi) is 11.4. The van der Waals surface area contributed by atoms with Gasteiger partial charge in [-0.15, -0.1) is 12.4 Å². The lowest BCUT2D eigenvalue weighted by Crippen LogP contribution is -2.53. The second-order valence-electron chi connectivity index (χ2n) is 13.3. The van der Waals surface area contributed by atoms with Gasteiger partial charge in [0.1, 0.15) is 18.4 Å². The predicted octanol–water partition coefficient (Wildman–Crippen LogP) is 6.64. The molecule has 1 saturated carbocycles. The highest BCUT2D eigenvalue weighted by atomic mass is 35.5. The number of fused-ring (bicyclic) bond motifs is 2. The van der Waals surface area contributed by atoms with Crippen LogP contribution in [0.3, 0.4) is 0 Å². The zero-order chi connectivity index (χ0) is 34.5. The summed E-state index contributed by atoms with van der Waals surface area (Å²) in [5.41, 5.74) is 6.33. The summed E-state index contributed by atoms with van der Waals surface area (Å²) >= 11 is 0. The number of nitrogens with one attached hydrogen (secondary N) is 2. The number of halogens is 1. The molecule has 1 fully saturated rings. The number of amides is 1. The van der Waals surface area contributed by atoms with Gasteiger partial charge >= 0.3 is 5.97 Å². The summed E-state index contributed by atoms with van der Waals surface area (Å²) < 4.78 is 23.7. The molecule has 3 atom stereocenters. The van der Waals surface area contributed by atoms with Gasteiger partial charge in [0.15, 0.2) is 17.6 Å². The van der Waals surface area contributed by atoms with E-state index in [1.807, 2.05) is 72.8 Å². The Balaban J connectivity index is 0.00000448. The highest BCUT2D eigenvalue weighted by Crippen LogP contribution is 2.40. The first-order valence-electron chi connectivity index (χ1n) is 17.4. The smallest absolute Gasteiger partial charge is 0.328 e. The average molecular weight is 708 g/mol. The standard InChI is InChI=1S/C41H41N3O6.ClH/c1-47-41(46)36(18-30-8-4-5-9-34(30)28-12-10-26(22-42)11-13-28)44-40(45)35-19-31-20-37-38(21-32(31)23-43-35)50-39(25-49-37)29-14-16-33(17-15-29)48-24-27-6-2-3-7-27;/h4-5,8-17,20-21,27,35-36,39,43H,2-3,6-7,18-19,23-25H2,1H3,(H,44,45);1H/t35?,36-,39+;/m0./s1. The van der Waals surface area contributed by atoms with Crippen LogP contribution in [0.25, 0.3) is 11.1 Å². The second kappa shape index (κ2) is 16.3. The van der Waals surface area contributed by atoms with Gasteiger partial charge in [-0.2, -0.15) is 5.26 Å². The van der Waals surface area contributed by atoms with Crippen molar-refractivity contribution in [3.63, 3.8) is 0 Å². The van der Waals surface area contributed by atoms with Crippen LogP contribution in [0.4, 0.5) is 0 Å². The third-order valence-electron chi connectivity index (χ3n) is 9.99. The molecule has 7 rings (SSSR count). The monoisotopic (exact) mass is 707 g/mol. The van der Waals surface area contributed by atoms with Crippen LogP contribution in [0, 0.1) is 17.2 Å². The molecule has 2 aliphatic heterocycles. The number of benzene rings is 4. The highest BCUT2D eigenvalue weighted by molar-refractivity contribution is 5.88. The summed E-state index contributed by atoms with van der Waals surface area (Å²) in [4.78, 5) is 26.5. The molecule has 0 spiro atoms. The van der Waals surface area contributed by atoms with Gasteiger partial charge in [0.25, 0.3) is 0 Å². The summed E-state index contributed by atoms with van der Waals surface area (Å²) in [7, 11) is 1.32. The molecule has 1 unspecified atom stereocenters. The molecule has 2 N–H and O–H groups in total. The number of methoxy groups -OCH3 is 1. The van der Waals surface area contributed by atoms with Crippen molar-refractivity contribution in [2.45, 2.75) is 63.3 Å². The molecule has 1 amide bonds. The minimum Gasteiger partial charge on any atom is -0.493 e. The first kappa shape index (κ1) is 35.8. The van der Waals surface area contributed by atoms with Gasteiger partial charge in [-0.05, 0) is 95.0 Å². The summed E-state index contributed by atoms with van der Waals surface area (Å²) in [6.07, 6.45) is 5.56. The molecule has 0 radical (unpaired) electrons. The Bertz CT molecular complexity index is 1890. The third kappa shape index (κ3) is 8.30. The quantitative estimate of drug-likeness (QED) is 0.176. The molecule has 9 nitrogen and oxygen atoms in total. The molecule has 51 heavy (non-hydrogen) atoms. The molecule has 0 aromatic heterocycles. The van der Waals surface area contributed by atoms with Crippen molar-refractivity contribution in [3.05, 3.63) is 113 Å². The van der Waals surface area contributed by atoms with E-state index in [1.54, 1.807) is 12.1 Å². The minimum absolute atomic E-state index is 0. The lowest BCUT2D eigenvalue weighted by molar-refractivity contribution is -0.145. The Morgan fingerprint density at radius 3 is 2.47 bits per heavy atom. The van der Waals surface area contributed by atoms with Crippen molar-refractivity contribution >= 4 is 24.3 Å². The van der Waals surface area contributed by atoms with Crippen LogP contribution < -0.4 is 24.8 Å². The van der Waals surface area contributed by atoms with E-state index in [1.165, 1.54) is 32.8 Å². The maximum Gasteiger partial charge on any atom is 0.328 e. The van der Waals surface area contributed by atoms with Crippen LogP contribution in [0.15, 0.2) is 84.9 Å². The molecular weight excluding hydrogens is 666 g/mol. The molecule has 0 bridgehead atoms. The summed E-state index contributed by atoms with van der Waals surface area (Å²) in [6.45, 7) is 1.62. The first-order valence-corrected chi connectivity index (χ1v) is 17.4. The Hall–Kier alpha value is -5.04. The van der Waals surface area contributed by atoms with Crippen molar-refractivity contribution in [1.82, 2.24) is 10.6 Å². The number of carbonyl (C=O) groups excluding carboxylic acids is 2. The van der Waals surface area contributed by atoms with E-state index in [-0.39, 0.29) is 30.8 Å². The normalized spacial score (nSPS) is 18.4. The molecule has 2 heterocycles. The number of nitriles is 1. The molecule has 264 valence electrons. The van der Waals surface area contributed by atoms with Gasteiger partial charge in [0.05, 0.1) is 31.4 Å². The number of esters is 1. The van der Waals surface area contributed by atoms with Gasteiger partial charge < -0.3 is 29.6 Å². The second-order valence-corrected chi connectivity index (χ2v) is 13.3. The van der Waals surface area contributed by atoms with Crippen LogP contribution in [0.5, 0.6) is 17.2 Å². The first-order chi connectivity index (χ1) is 24.5. The fraction of sp³-hybridized carbons (Fsp3) is 0.341. The molecule has 3 aliphatic rings. The van der Waals surface area contributed by atoms with Gasteiger partial charge in [-0.1, -0.05) is 61.4 Å². The maximum atomic E-state index is 13.6. The molecule has 10 heteroatoms. The number of hydrogen-bond acceptors (Lipinski definition) is 8. The van der Waals surface area contributed by atoms with Crippen molar-refractivity contribution in [1.29, 1.82) is 5.26 Å².